The van der Waals surface area contributed by atoms with Gasteiger partial charge < -0.3 is 0 Å². The molecule has 23 heavy (non-hydrogen) atoms. The summed E-state index contributed by atoms with van der Waals surface area (Å²) in [6.07, 6.45) is 2.41. The second-order valence-corrected chi connectivity index (χ2v) is 5.97. The molecule has 0 saturated heterocycles. The zero-order chi connectivity index (χ0) is 17.8. The summed E-state index contributed by atoms with van der Waals surface area (Å²) in [6, 6.07) is 0. The zero-order valence-corrected chi connectivity index (χ0v) is 14.2. The van der Waals surface area contributed by atoms with E-state index in [1.54, 1.807) is 7.05 Å². The van der Waals surface area contributed by atoms with Crippen LogP contribution < -0.4 is 0 Å². The lowest BCUT2D eigenvalue weighted by Crippen LogP contribution is -2.36. The molecule has 140 valence electrons. The molecule has 7 heteroatoms. The summed E-state index contributed by atoms with van der Waals surface area (Å²) in [5.74, 6) is -4.63. The van der Waals surface area contributed by atoms with Crippen molar-refractivity contribution in [2.75, 3.05) is 20.2 Å². The van der Waals surface area contributed by atoms with Crippen LogP contribution in [0.25, 0.3) is 0 Å². The van der Waals surface area contributed by atoms with E-state index in [0.29, 0.717) is 6.54 Å². The average Bonchev–Trinajstić information content (AvgIpc) is 2.45. The smallest absolute Gasteiger partial charge is 0.299 e. The van der Waals surface area contributed by atoms with Crippen LogP contribution in [0.15, 0.2) is 0 Å². The van der Waals surface area contributed by atoms with E-state index in [0.717, 1.165) is 19.3 Å². The molecule has 0 fully saturated rings. The van der Waals surface area contributed by atoms with Crippen LogP contribution in [0.5, 0.6) is 0 Å². The Hall–Kier alpha value is -0.430. The van der Waals surface area contributed by atoms with E-state index in [4.69, 9.17) is 4.84 Å². The summed E-state index contributed by atoms with van der Waals surface area (Å²) < 4.78 is 61.2. The van der Waals surface area contributed by atoms with Crippen LogP contribution in [0.1, 0.15) is 71.1 Å². The molecule has 0 aromatic carbocycles. The molecule has 0 amide bonds. The molecule has 0 aliphatic carbocycles. The second-order valence-electron chi connectivity index (χ2n) is 5.97. The van der Waals surface area contributed by atoms with E-state index < -0.39 is 18.5 Å². The quantitative estimate of drug-likeness (QED) is 0.218. The first kappa shape index (κ1) is 22.6. The van der Waals surface area contributed by atoms with Crippen LogP contribution in [0.3, 0.4) is 0 Å². The largest absolute Gasteiger partial charge is 0.453 e. The third-order valence-electron chi connectivity index (χ3n) is 3.69. The lowest BCUT2D eigenvalue weighted by atomic mass is 10.1. The van der Waals surface area contributed by atoms with Gasteiger partial charge in [-0.1, -0.05) is 51.9 Å². The standard InChI is InChI=1S/C16H30F5NO/c1-3-4-5-6-7-8-9-10-13-22(2)23-14-11-12-15(17,18)16(19,20)21/h3-14H2,1-2H3. The lowest BCUT2D eigenvalue weighted by Gasteiger charge is -2.20. The molecule has 0 aromatic rings. The zero-order valence-electron chi connectivity index (χ0n) is 14.2. The molecule has 0 saturated carbocycles. The van der Waals surface area contributed by atoms with E-state index in [-0.39, 0.29) is 13.0 Å². The minimum atomic E-state index is -5.48. The van der Waals surface area contributed by atoms with E-state index in [1.165, 1.54) is 37.2 Å². The molecule has 0 radical (unpaired) electrons. The van der Waals surface area contributed by atoms with Crippen molar-refractivity contribution in [2.45, 2.75) is 83.2 Å². The molecule has 0 aromatic heterocycles. The van der Waals surface area contributed by atoms with E-state index in [9.17, 15) is 22.0 Å². The summed E-state index contributed by atoms with van der Waals surface area (Å²) in [5, 5.41) is 1.52. The summed E-state index contributed by atoms with van der Waals surface area (Å²) >= 11 is 0. The van der Waals surface area contributed by atoms with E-state index in [1.807, 2.05) is 0 Å². The van der Waals surface area contributed by atoms with Gasteiger partial charge in [0.2, 0.25) is 0 Å². The van der Waals surface area contributed by atoms with Crippen molar-refractivity contribution in [1.82, 2.24) is 5.06 Å². The maximum Gasteiger partial charge on any atom is 0.453 e. The van der Waals surface area contributed by atoms with Gasteiger partial charge in [-0.2, -0.15) is 27.0 Å². The van der Waals surface area contributed by atoms with Gasteiger partial charge in [0, 0.05) is 20.0 Å². The fourth-order valence-electron chi connectivity index (χ4n) is 2.19. The van der Waals surface area contributed by atoms with Gasteiger partial charge >= 0.3 is 12.1 Å². The van der Waals surface area contributed by atoms with Crippen LogP contribution >= 0.6 is 0 Å². The highest BCUT2D eigenvalue weighted by Crippen LogP contribution is 2.38. The molecule has 0 N–H and O–H groups in total. The monoisotopic (exact) mass is 347 g/mol. The van der Waals surface area contributed by atoms with Crippen molar-refractivity contribution in [3.63, 3.8) is 0 Å². The van der Waals surface area contributed by atoms with Crippen LogP contribution in [-0.4, -0.2) is 37.4 Å². The van der Waals surface area contributed by atoms with Crippen LogP contribution in [0.2, 0.25) is 0 Å². The third-order valence-corrected chi connectivity index (χ3v) is 3.69. The van der Waals surface area contributed by atoms with Gasteiger partial charge in [-0.25, -0.2) is 0 Å². The maximum absolute atomic E-state index is 12.7. The van der Waals surface area contributed by atoms with Gasteiger partial charge in [0.25, 0.3) is 0 Å². The first-order valence-electron chi connectivity index (χ1n) is 8.49. The molecule has 0 unspecified atom stereocenters. The van der Waals surface area contributed by atoms with Gasteiger partial charge in [-0.05, 0) is 12.8 Å². The summed E-state index contributed by atoms with van der Waals surface area (Å²) in [6.45, 7) is 2.71. The van der Waals surface area contributed by atoms with Crippen molar-refractivity contribution >= 4 is 0 Å². The molecular weight excluding hydrogens is 317 g/mol. The molecule has 0 spiro atoms. The topological polar surface area (TPSA) is 12.5 Å². The minimum absolute atomic E-state index is 0.126. The number of hydrogen-bond donors (Lipinski definition) is 0. The molecule has 0 heterocycles. The lowest BCUT2D eigenvalue weighted by molar-refractivity contribution is -0.286. The number of hydroxylamine groups is 2. The molecular formula is C16H30F5NO. The normalized spacial score (nSPS) is 13.0. The predicted molar refractivity (Wildman–Crippen MR) is 81.4 cm³/mol. The SMILES string of the molecule is CCCCCCCCCCN(C)OCCCC(F)(F)C(F)(F)F. The summed E-state index contributed by atoms with van der Waals surface area (Å²) in [5.41, 5.74) is 0. The fourth-order valence-corrected chi connectivity index (χ4v) is 2.19. The number of unbranched alkanes of at least 4 members (excludes halogenated alkanes) is 7. The third kappa shape index (κ3) is 11.7. The van der Waals surface area contributed by atoms with Crippen LogP contribution in [-0.2, 0) is 4.84 Å². The van der Waals surface area contributed by atoms with Crippen molar-refractivity contribution < 1.29 is 26.8 Å². The average molecular weight is 347 g/mol. The first-order valence-corrected chi connectivity index (χ1v) is 8.49. The number of alkyl halides is 5. The molecule has 0 bridgehead atoms. The van der Waals surface area contributed by atoms with Crippen LogP contribution in [0, 0.1) is 0 Å². The Balaban J connectivity index is 3.49. The van der Waals surface area contributed by atoms with Gasteiger partial charge in [0.15, 0.2) is 0 Å². The number of rotatable bonds is 14. The summed E-state index contributed by atoms with van der Waals surface area (Å²) in [4.78, 5) is 5.14. The Labute approximate surface area is 136 Å². The molecule has 2 nitrogen and oxygen atoms in total. The Bertz CT molecular complexity index is 284. The van der Waals surface area contributed by atoms with Crippen molar-refractivity contribution in [1.29, 1.82) is 0 Å². The Morgan fingerprint density at radius 3 is 1.83 bits per heavy atom. The van der Waals surface area contributed by atoms with Crippen molar-refractivity contribution in [3.8, 4) is 0 Å². The first-order chi connectivity index (χ1) is 10.7. The molecule has 0 aliphatic rings. The Morgan fingerprint density at radius 1 is 0.783 bits per heavy atom. The van der Waals surface area contributed by atoms with Gasteiger partial charge in [-0.15, -0.1) is 0 Å². The van der Waals surface area contributed by atoms with Gasteiger partial charge in [0.05, 0.1) is 6.61 Å². The molecule has 0 aliphatic heterocycles. The molecule has 0 rings (SSSR count). The maximum atomic E-state index is 12.7. The predicted octanol–water partition coefficient (Wildman–Crippen LogP) is 5.97. The van der Waals surface area contributed by atoms with E-state index >= 15 is 0 Å². The number of halogens is 5. The Kier molecular flexibility index (Phi) is 11.8. The highest BCUT2D eigenvalue weighted by atomic mass is 19.4. The second kappa shape index (κ2) is 12.0. The van der Waals surface area contributed by atoms with Crippen LogP contribution in [0.4, 0.5) is 22.0 Å². The highest BCUT2D eigenvalue weighted by Gasteiger charge is 2.56. The van der Waals surface area contributed by atoms with Crippen molar-refractivity contribution in [3.05, 3.63) is 0 Å². The minimum Gasteiger partial charge on any atom is -0.299 e. The number of nitrogens with zero attached hydrogens (tertiary/aromatic N) is 1. The van der Waals surface area contributed by atoms with Crippen molar-refractivity contribution in [2.24, 2.45) is 0 Å². The highest BCUT2D eigenvalue weighted by molar-refractivity contribution is 4.75. The summed E-state index contributed by atoms with van der Waals surface area (Å²) in [7, 11) is 1.67. The van der Waals surface area contributed by atoms with Gasteiger partial charge in [0.1, 0.15) is 0 Å². The number of hydrogen-bond acceptors (Lipinski definition) is 2. The fraction of sp³-hybridized carbons (Fsp3) is 1.00. The van der Waals surface area contributed by atoms with Gasteiger partial charge in [-0.3, -0.25) is 4.84 Å². The van der Waals surface area contributed by atoms with E-state index in [2.05, 4.69) is 6.92 Å². The molecule has 0 atom stereocenters. The Morgan fingerprint density at radius 2 is 1.30 bits per heavy atom.